The molecule has 8 heteroatoms. The number of hydrogen-bond acceptors (Lipinski definition) is 7. The third-order valence-electron chi connectivity index (χ3n) is 2.75. The van der Waals surface area contributed by atoms with Crippen molar-refractivity contribution < 1.29 is 4.52 Å². The number of imidazole rings is 1. The summed E-state index contributed by atoms with van der Waals surface area (Å²) < 4.78 is 11.2. The molecule has 0 N–H and O–H groups in total. The van der Waals surface area contributed by atoms with Crippen LogP contribution in [0.3, 0.4) is 0 Å². The predicted molar refractivity (Wildman–Crippen MR) is 75.8 cm³/mol. The van der Waals surface area contributed by atoms with Crippen LogP contribution >= 0.6 is 22.9 Å². The molecule has 0 fully saturated rings. The second-order valence-electron chi connectivity index (χ2n) is 3.89. The molecule has 0 aliphatic rings. The number of nitrogens with zero attached hydrogens (tertiary/aromatic N) is 5. The van der Waals surface area contributed by atoms with Crippen molar-refractivity contribution in [1.29, 1.82) is 0 Å². The van der Waals surface area contributed by atoms with Crippen molar-refractivity contribution in [1.82, 2.24) is 24.1 Å². The van der Waals surface area contributed by atoms with Crippen LogP contribution in [0.1, 0.15) is 0 Å². The van der Waals surface area contributed by atoms with E-state index in [1.807, 2.05) is 21.4 Å². The quantitative estimate of drug-likeness (QED) is 0.581. The minimum Gasteiger partial charge on any atom is -0.363 e. The first-order chi connectivity index (χ1) is 9.93. The maximum absolute atomic E-state index is 4.91. The van der Waals surface area contributed by atoms with E-state index in [0.29, 0.717) is 5.82 Å². The van der Waals surface area contributed by atoms with Crippen molar-refractivity contribution in [3.63, 3.8) is 0 Å². The summed E-state index contributed by atoms with van der Waals surface area (Å²) in [6.45, 7) is 0. The average Bonchev–Trinajstić information content (AvgIpc) is 3.23. The molecule has 20 heavy (non-hydrogen) atoms. The first-order valence-corrected chi connectivity index (χ1v) is 7.44. The van der Waals surface area contributed by atoms with E-state index in [4.69, 9.17) is 4.52 Å². The first-order valence-electron chi connectivity index (χ1n) is 5.72. The van der Waals surface area contributed by atoms with Crippen LogP contribution in [0.5, 0.6) is 0 Å². The van der Waals surface area contributed by atoms with Gasteiger partial charge in [0.15, 0.2) is 5.82 Å². The number of hydrogen-bond donors (Lipinski definition) is 0. The molecule has 0 amide bonds. The highest BCUT2D eigenvalue weighted by Crippen LogP contribution is 2.33. The van der Waals surface area contributed by atoms with E-state index >= 15 is 0 Å². The van der Waals surface area contributed by atoms with Crippen LogP contribution in [-0.2, 0) is 0 Å². The SMILES string of the molecule is c1csc(-c2ncn(-c3ccon3)c2-c2ccsn2)n1. The van der Waals surface area contributed by atoms with Gasteiger partial charge in [0.1, 0.15) is 34.7 Å². The van der Waals surface area contributed by atoms with E-state index < -0.39 is 0 Å². The molecule has 6 nitrogen and oxygen atoms in total. The van der Waals surface area contributed by atoms with Gasteiger partial charge in [-0.25, -0.2) is 9.97 Å². The van der Waals surface area contributed by atoms with Crippen molar-refractivity contribution in [3.8, 4) is 27.9 Å². The molecule has 0 spiro atoms. The van der Waals surface area contributed by atoms with Crippen LogP contribution in [-0.4, -0.2) is 24.1 Å². The molecule has 0 bridgehead atoms. The molecule has 4 aromatic rings. The van der Waals surface area contributed by atoms with Crippen molar-refractivity contribution in [2.45, 2.75) is 0 Å². The van der Waals surface area contributed by atoms with E-state index in [1.54, 1.807) is 29.9 Å². The molecule has 4 rings (SSSR count). The minimum atomic E-state index is 0.670. The summed E-state index contributed by atoms with van der Waals surface area (Å²) >= 11 is 2.94. The zero-order valence-corrected chi connectivity index (χ0v) is 11.6. The normalized spacial score (nSPS) is 11.0. The lowest BCUT2D eigenvalue weighted by Crippen LogP contribution is -1.96. The van der Waals surface area contributed by atoms with Gasteiger partial charge >= 0.3 is 0 Å². The van der Waals surface area contributed by atoms with Gasteiger partial charge in [-0.05, 0) is 17.6 Å². The summed E-state index contributed by atoms with van der Waals surface area (Å²) in [7, 11) is 0. The topological polar surface area (TPSA) is 69.6 Å². The second-order valence-corrected chi connectivity index (χ2v) is 5.45. The molecule has 98 valence electrons. The summed E-state index contributed by atoms with van der Waals surface area (Å²) in [6.07, 6.45) is 5.01. The molecule has 0 unspecified atom stereocenters. The Morgan fingerprint density at radius 2 is 2.15 bits per heavy atom. The summed E-state index contributed by atoms with van der Waals surface area (Å²) in [5, 5.41) is 8.67. The monoisotopic (exact) mass is 301 g/mol. The first kappa shape index (κ1) is 11.5. The van der Waals surface area contributed by atoms with E-state index in [-0.39, 0.29) is 0 Å². The van der Waals surface area contributed by atoms with Gasteiger partial charge in [-0.1, -0.05) is 5.16 Å². The summed E-state index contributed by atoms with van der Waals surface area (Å²) in [5.41, 5.74) is 2.52. The van der Waals surface area contributed by atoms with Gasteiger partial charge in [0.05, 0.1) is 0 Å². The van der Waals surface area contributed by atoms with E-state index in [9.17, 15) is 0 Å². The number of rotatable bonds is 3. The van der Waals surface area contributed by atoms with Gasteiger partial charge in [0, 0.05) is 23.0 Å². The van der Waals surface area contributed by atoms with Crippen molar-refractivity contribution in [3.05, 3.63) is 41.7 Å². The highest BCUT2D eigenvalue weighted by Gasteiger charge is 2.20. The number of aromatic nitrogens is 5. The molecule has 4 aromatic heterocycles. The fourth-order valence-electron chi connectivity index (χ4n) is 1.93. The molecule has 0 aliphatic carbocycles. The Labute approximate surface area is 121 Å². The zero-order chi connectivity index (χ0) is 13.4. The zero-order valence-electron chi connectivity index (χ0n) is 10.0. The van der Waals surface area contributed by atoms with E-state index in [0.717, 1.165) is 22.1 Å². The molecule has 0 saturated heterocycles. The van der Waals surface area contributed by atoms with Gasteiger partial charge in [-0.15, -0.1) is 11.3 Å². The molecule has 0 atom stereocenters. The highest BCUT2D eigenvalue weighted by atomic mass is 32.1. The molecule has 4 heterocycles. The van der Waals surface area contributed by atoms with Gasteiger partial charge in [0.25, 0.3) is 0 Å². The summed E-state index contributed by atoms with van der Waals surface area (Å²) in [5.74, 6) is 0.670. The van der Waals surface area contributed by atoms with Crippen LogP contribution in [0.15, 0.2) is 46.2 Å². The lowest BCUT2D eigenvalue weighted by atomic mass is 10.2. The van der Waals surface area contributed by atoms with Crippen molar-refractivity contribution in [2.75, 3.05) is 0 Å². The summed E-state index contributed by atoms with van der Waals surface area (Å²) in [4.78, 5) is 8.79. The second kappa shape index (κ2) is 4.66. The maximum Gasteiger partial charge on any atom is 0.181 e. The lowest BCUT2D eigenvalue weighted by Gasteiger charge is -2.03. The Balaban J connectivity index is 1.98. The largest absolute Gasteiger partial charge is 0.363 e. The van der Waals surface area contributed by atoms with Gasteiger partial charge in [-0.2, -0.15) is 4.37 Å². The average molecular weight is 301 g/mol. The third-order valence-corrected chi connectivity index (χ3v) is 4.09. The molecule has 0 saturated carbocycles. The lowest BCUT2D eigenvalue weighted by molar-refractivity contribution is 0.417. The van der Waals surface area contributed by atoms with Crippen molar-refractivity contribution >= 4 is 22.9 Å². The number of thiazole rings is 1. The van der Waals surface area contributed by atoms with Crippen LogP contribution in [0.25, 0.3) is 27.9 Å². The molecular formula is C12H7N5OS2. The summed E-state index contributed by atoms with van der Waals surface area (Å²) in [6, 6.07) is 3.73. The predicted octanol–water partition coefficient (Wildman–Crippen LogP) is 3.11. The fourth-order valence-corrected chi connectivity index (χ4v) is 3.07. The van der Waals surface area contributed by atoms with Crippen LogP contribution < -0.4 is 0 Å². The van der Waals surface area contributed by atoms with Crippen molar-refractivity contribution in [2.24, 2.45) is 0 Å². The minimum absolute atomic E-state index is 0.670. The molecule has 0 radical (unpaired) electrons. The highest BCUT2D eigenvalue weighted by molar-refractivity contribution is 7.13. The molecular weight excluding hydrogens is 294 g/mol. The Morgan fingerprint density at radius 1 is 1.15 bits per heavy atom. The van der Waals surface area contributed by atoms with Gasteiger partial charge < -0.3 is 4.52 Å². The van der Waals surface area contributed by atoms with Crippen LogP contribution in [0.2, 0.25) is 0 Å². The Bertz CT molecular complexity index is 751. The van der Waals surface area contributed by atoms with Crippen LogP contribution in [0, 0.1) is 0 Å². The molecule has 0 aliphatic heterocycles. The van der Waals surface area contributed by atoms with Gasteiger partial charge in [-0.3, -0.25) is 4.57 Å². The standard InChI is InChI=1S/C12H7N5OS2/c1-4-18-15-9(1)17-7-14-10(12-13-3-6-19-12)11(17)8-2-5-20-16-8/h1-7H. The molecule has 0 aromatic carbocycles. The fraction of sp³-hybridized carbons (Fsp3) is 0. The van der Waals surface area contributed by atoms with Gasteiger partial charge in [0.2, 0.25) is 0 Å². The smallest absolute Gasteiger partial charge is 0.181 e. The Kier molecular flexibility index (Phi) is 2.68. The van der Waals surface area contributed by atoms with E-state index in [1.165, 1.54) is 17.8 Å². The Morgan fingerprint density at radius 3 is 2.85 bits per heavy atom. The Hall–Kier alpha value is -2.32. The maximum atomic E-state index is 4.91. The van der Waals surface area contributed by atoms with Crippen LogP contribution in [0.4, 0.5) is 0 Å². The van der Waals surface area contributed by atoms with E-state index in [2.05, 4.69) is 19.5 Å². The third kappa shape index (κ3) is 1.77.